The van der Waals surface area contributed by atoms with Gasteiger partial charge in [0.05, 0.1) is 53.3 Å². The van der Waals surface area contributed by atoms with Crippen molar-refractivity contribution in [1.82, 2.24) is 19.1 Å². The van der Waals surface area contributed by atoms with E-state index in [4.69, 9.17) is 28.4 Å². The molecule has 0 amide bonds. The van der Waals surface area contributed by atoms with Crippen LogP contribution in [0, 0.1) is 6.33 Å². The lowest BCUT2D eigenvalue weighted by atomic mass is 9.78. The SMILES string of the molecule is [2H]c1c([2H])c([2H])c(-c2cccc(-c3c([2H])c([2H])c([2H])c([2H])c3[2H])c2-[n+]2[c-]n(-c3cncc(Oc4ccc5c6cc(-c7cc(-c8cc(C(C)(C)C)cc(C(C)(C)C)c8)cc(-c8cc(C(C)(C)C)cc(C(C)(C)C)c8)c7)ccc6n(-c6cc(C(C)(C)C)ccn6)c5c4)c3)c3ccccc32)c([2H])c1[2H]. The van der Waals surface area contributed by atoms with Gasteiger partial charge in [0.2, 0.25) is 0 Å². The number of hydrogen-bond acceptors (Lipinski definition) is 3. The van der Waals surface area contributed by atoms with Gasteiger partial charge in [-0.3, -0.25) is 18.7 Å². The van der Waals surface area contributed by atoms with Crippen LogP contribution >= 0.6 is 0 Å². The Labute approximate surface area is 552 Å². The lowest BCUT2D eigenvalue weighted by molar-refractivity contribution is -0.571. The molecule has 4 heterocycles. The third-order valence-corrected chi connectivity index (χ3v) is 17.4. The van der Waals surface area contributed by atoms with E-state index in [2.05, 4.69) is 206 Å². The summed E-state index contributed by atoms with van der Waals surface area (Å²) in [5.41, 5.74) is 16.1. The van der Waals surface area contributed by atoms with Crippen LogP contribution < -0.4 is 9.30 Å². The van der Waals surface area contributed by atoms with Gasteiger partial charge >= 0.3 is 0 Å². The summed E-state index contributed by atoms with van der Waals surface area (Å²) in [6, 6.07) is 47.1. The van der Waals surface area contributed by atoms with Gasteiger partial charge in [-0.1, -0.05) is 249 Å². The minimum absolute atomic E-state index is 0.0918. The average molecular weight is 1200 g/mol. The van der Waals surface area contributed by atoms with Crippen molar-refractivity contribution < 1.29 is 23.0 Å². The van der Waals surface area contributed by atoms with Crippen LogP contribution in [-0.2, 0) is 27.1 Å². The predicted molar refractivity (Wildman–Crippen MR) is 381 cm³/mol. The van der Waals surface area contributed by atoms with Gasteiger partial charge in [0.25, 0.3) is 6.33 Å². The topological polar surface area (TPSA) is 48.8 Å². The lowest BCUT2D eigenvalue weighted by Gasteiger charge is -2.27. The Hall–Kier alpha value is -9.65. The van der Waals surface area contributed by atoms with Gasteiger partial charge in [-0.15, -0.1) is 0 Å². The van der Waals surface area contributed by atoms with E-state index in [1.165, 1.54) is 33.4 Å². The highest BCUT2D eigenvalue weighted by atomic mass is 16.5. The van der Waals surface area contributed by atoms with Crippen molar-refractivity contribution in [1.29, 1.82) is 0 Å². The normalized spacial score (nSPS) is 14.1. The molecule has 13 aromatic rings. The van der Waals surface area contributed by atoms with Crippen LogP contribution in [0.1, 0.15) is 145 Å². The number of pyridine rings is 2. The van der Waals surface area contributed by atoms with Gasteiger partial charge in [-0.2, -0.15) is 0 Å². The molecule has 6 nitrogen and oxygen atoms in total. The van der Waals surface area contributed by atoms with E-state index < -0.39 is 60.4 Å². The first-order valence-electron chi connectivity index (χ1n) is 36.3. The highest BCUT2D eigenvalue weighted by molar-refractivity contribution is 6.11. The van der Waals surface area contributed by atoms with E-state index in [0.717, 1.165) is 55.4 Å². The maximum Gasteiger partial charge on any atom is 0.269 e. The summed E-state index contributed by atoms with van der Waals surface area (Å²) < 4.78 is 101. The number of para-hydroxylation sites is 3. The molecular formula is C85H83N5O. The quantitative estimate of drug-likeness (QED) is 0.101. The van der Waals surface area contributed by atoms with Crippen molar-refractivity contribution in [3.05, 3.63) is 265 Å². The molecule has 13 rings (SSSR count). The minimum Gasteiger partial charge on any atom is -0.456 e. The molecule has 9 aromatic carbocycles. The second-order valence-corrected chi connectivity index (χ2v) is 29.2. The number of benzene rings is 9. The third kappa shape index (κ3) is 11.9. The Morgan fingerprint density at radius 2 is 0.934 bits per heavy atom. The fourth-order valence-electron chi connectivity index (χ4n) is 12.0. The van der Waals surface area contributed by atoms with Crippen LogP contribution in [0.5, 0.6) is 11.5 Å². The van der Waals surface area contributed by atoms with Gasteiger partial charge in [-0.25, -0.2) is 4.98 Å². The highest BCUT2D eigenvalue weighted by Crippen LogP contribution is 2.44. The number of hydrogen-bond donors (Lipinski definition) is 0. The van der Waals surface area contributed by atoms with Crippen molar-refractivity contribution in [2.45, 2.75) is 131 Å². The molecule has 0 saturated heterocycles. The molecule has 91 heavy (non-hydrogen) atoms. The molecule has 0 radical (unpaired) electrons. The Kier molecular flexibility index (Phi) is 12.3. The average Bonchev–Trinajstić information content (AvgIpc) is 1.71. The van der Waals surface area contributed by atoms with Gasteiger partial charge in [-0.05, 0) is 171 Å². The fourth-order valence-corrected chi connectivity index (χ4v) is 12.0. The molecule has 454 valence electrons. The first kappa shape index (κ1) is 49.2. The first-order chi connectivity index (χ1) is 47.4. The summed E-state index contributed by atoms with van der Waals surface area (Å²) in [6.45, 7) is 34.1. The lowest BCUT2D eigenvalue weighted by Crippen LogP contribution is -2.31. The summed E-state index contributed by atoms with van der Waals surface area (Å²) in [7, 11) is 0. The van der Waals surface area contributed by atoms with Gasteiger partial charge in [0.15, 0.2) is 0 Å². The van der Waals surface area contributed by atoms with E-state index in [1.807, 2.05) is 48.7 Å². The molecule has 0 N–H and O–H groups in total. The number of rotatable bonds is 10. The van der Waals surface area contributed by atoms with Crippen molar-refractivity contribution in [3.8, 4) is 84.3 Å². The number of imidazole rings is 1. The molecule has 0 spiro atoms. The second kappa shape index (κ2) is 22.7. The summed E-state index contributed by atoms with van der Waals surface area (Å²) in [5, 5.41) is 2.02. The summed E-state index contributed by atoms with van der Waals surface area (Å²) in [6.07, 6.45) is 8.62. The van der Waals surface area contributed by atoms with Crippen molar-refractivity contribution in [2.24, 2.45) is 0 Å². The zero-order valence-electron chi connectivity index (χ0n) is 64.8. The Morgan fingerprint density at radius 3 is 1.48 bits per heavy atom. The zero-order valence-corrected chi connectivity index (χ0v) is 54.8. The smallest absolute Gasteiger partial charge is 0.269 e. The number of ether oxygens (including phenoxy) is 1. The van der Waals surface area contributed by atoms with Crippen LogP contribution in [0.3, 0.4) is 0 Å². The highest BCUT2D eigenvalue weighted by Gasteiger charge is 2.27. The molecule has 0 aliphatic heterocycles. The number of aromatic nitrogens is 5. The summed E-state index contributed by atoms with van der Waals surface area (Å²) >= 11 is 0. The van der Waals surface area contributed by atoms with Crippen LogP contribution in [0.25, 0.3) is 106 Å². The summed E-state index contributed by atoms with van der Waals surface area (Å²) in [5.74, 6) is 1.66. The zero-order chi connectivity index (χ0) is 72.6. The van der Waals surface area contributed by atoms with Gasteiger partial charge < -0.3 is 4.74 Å². The standard InChI is InChI=1S/C85H83N5O/c1-81(2,3)63-37-38-87-79(49-63)90-75-36-33-57(58-39-59(61-42-64(82(4,5)6)47-65(43-61)83(7,8)9)41-60(40-58)62-44-66(84(10,11)12)48-67(45-62)85(13,14)15)46-74(75)73-35-34-69(51-78(73)90)91-70-50-68(52-86-53-70)88-54-89(77-32-23-22-31-76(77)88)80-71(55-25-18-16-19-26-55)29-24-30-72(80)56-27-20-17-21-28-56/h16-53H,1-15H3/i16D,17D,18D,19D,20D,21D,25D,26D,27D,28D. The van der Waals surface area contributed by atoms with Crippen molar-refractivity contribution >= 4 is 32.8 Å². The van der Waals surface area contributed by atoms with Crippen LogP contribution in [-0.4, -0.2) is 19.1 Å². The fraction of sp³-hybridized carbons (Fsp3) is 0.235. The second-order valence-electron chi connectivity index (χ2n) is 29.2. The third-order valence-electron chi connectivity index (χ3n) is 17.4. The van der Waals surface area contributed by atoms with Crippen molar-refractivity contribution in [2.75, 3.05) is 0 Å². The van der Waals surface area contributed by atoms with Crippen molar-refractivity contribution in [3.63, 3.8) is 0 Å². The molecule has 0 bridgehead atoms. The maximum atomic E-state index is 9.16. The predicted octanol–water partition coefficient (Wildman–Crippen LogP) is 22.2. The largest absolute Gasteiger partial charge is 0.456 e. The molecule has 6 heteroatoms. The van der Waals surface area contributed by atoms with E-state index in [9.17, 15) is 0 Å². The maximum absolute atomic E-state index is 9.16. The molecule has 0 unspecified atom stereocenters. The Balaban J connectivity index is 0.974. The molecule has 0 saturated carbocycles. The van der Waals surface area contributed by atoms with E-state index in [0.29, 0.717) is 28.2 Å². The Bertz CT molecular complexity index is 5250. The molecule has 0 fully saturated rings. The Morgan fingerprint density at radius 1 is 0.407 bits per heavy atom. The van der Waals surface area contributed by atoms with E-state index in [-0.39, 0.29) is 55.0 Å². The number of nitrogens with zero attached hydrogens (tertiary/aromatic N) is 5. The van der Waals surface area contributed by atoms with Crippen LogP contribution in [0.2, 0.25) is 0 Å². The van der Waals surface area contributed by atoms with E-state index in [1.54, 1.807) is 39.7 Å². The molecule has 0 aliphatic rings. The molecular weight excluding hydrogens is 1110 g/mol. The molecule has 0 aliphatic carbocycles. The van der Waals surface area contributed by atoms with Crippen LogP contribution in [0.15, 0.2) is 231 Å². The number of fused-ring (bicyclic) bond motifs is 4. The summed E-state index contributed by atoms with van der Waals surface area (Å²) in [4.78, 5) is 9.79. The first-order valence-corrected chi connectivity index (χ1v) is 31.3. The van der Waals surface area contributed by atoms with E-state index >= 15 is 0 Å². The minimum atomic E-state index is -0.579. The molecule has 4 aromatic heterocycles. The molecule has 0 atom stereocenters. The monoisotopic (exact) mass is 1200 g/mol. The van der Waals surface area contributed by atoms with Crippen LogP contribution in [0.4, 0.5) is 0 Å². The van der Waals surface area contributed by atoms with Gasteiger partial charge in [0, 0.05) is 29.2 Å². The van der Waals surface area contributed by atoms with Gasteiger partial charge in [0.1, 0.15) is 17.3 Å².